The molecule has 0 aromatic carbocycles. The van der Waals surface area contributed by atoms with E-state index in [9.17, 15) is 9.59 Å². The SMILES string of the molecule is CCC1(CC)CCN(C(=O)N2CC(CC(=O)O)C2)C1. The number of hydrogen-bond acceptors (Lipinski definition) is 2. The quantitative estimate of drug-likeness (QED) is 0.848. The molecule has 0 radical (unpaired) electrons. The van der Waals surface area contributed by atoms with Gasteiger partial charge in [-0.1, -0.05) is 13.8 Å². The lowest BCUT2D eigenvalue weighted by molar-refractivity contribution is -0.139. The highest BCUT2D eigenvalue weighted by atomic mass is 16.4. The molecule has 2 heterocycles. The van der Waals surface area contributed by atoms with Gasteiger partial charge in [-0.05, 0) is 24.7 Å². The summed E-state index contributed by atoms with van der Waals surface area (Å²) in [4.78, 5) is 26.6. The molecule has 2 saturated heterocycles. The fourth-order valence-electron chi connectivity index (χ4n) is 3.23. The first kappa shape index (κ1) is 14.2. The summed E-state index contributed by atoms with van der Waals surface area (Å²) in [5.41, 5.74) is 0.307. The minimum atomic E-state index is -0.769. The summed E-state index contributed by atoms with van der Waals surface area (Å²) < 4.78 is 0. The topological polar surface area (TPSA) is 60.9 Å². The van der Waals surface area contributed by atoms with Gasteiger partial charge in [0, 0.05) is 32.1 Å². The largest absolute Gasteiger partial charge is 0.481 e. The zero-order valence-corrected chi connectivity index (χ0v) is 11.9. The first-order chi connectivity index (χ1) is 8.99. The third-order valence-corrected chi connectivity index (χ3v) is 4.90. The summed E-state index contributed by atoms with van der Waals surface area (Å²) in [5, 5.41) is 8.70. The van der Waals surface area contributed by atoms with Crippen LogP contribution in [-0.2, 0) is 4.79 Å². The Kier molecular flexibility index (Phi) is 4.02. The number of rotatable bonds is 4. The van der Waals surface area contributed by atoms with Crippen LogP contribution in [0.25, 0.3) is 0 Å². The zero-order chi connectivity index (χ0) is 14.0. The highest BCUT2D eigenvalue weighted by Crippen LogP contribution is 2.37. The molecule has 0 saturated carbocycles. The molecule has 0 aliphatic carbocycles. The van der Waals surface area contributed by atoms with Gasteiger partial charge in [-0.3, -0.25) is 4.79 Å². The molecule has 5 nitrogen and oxygen atoms in total. The van der Waals surface area contributed by atoms with E-state index in [1.165, 1.54) is 0 Å². The van der Waals surface area contributed by atoms with Crippen molar-refractivity contribution in [1.82, 2.24) is 9.80 Å². The predicted molar refractivity (Wildman–Crippen MR) is 71.9 cm³/mol. The average molecular weight is 268 g/mol. The second-order valence-electron chi connectivity index (χ2n) is 6.03. The Morgan fingerprint density at radius 3 is 2.32 bits per heavy atom. The molecule has 108 valence electrons. The van der Waals surface area contributed by atoms with Crippen LogP contribution in [0.4, 0.5) is 4.79 Å². The fourth-order valence-corrected chi connectivity index (χ4v) is 3.23. The van der Waals surface area contributed by atoms with E-state index in [0.717, 1.165) is 32.4 Å². The van der Waals surface area contributed by atoms with Crippen LogP contribution >= 0.6 is 0 Å². The molecule has 0 unspecified atom stereocenters. The van der Waals surface area contributed by atoms with Crippen LogP contribution in [-0.4, -0.2) is 53.1 Å². The third-order valence-electron chi connectivity index (χ3n) is 4.90. The van der Waals surface area contributed by atoms with E-state index >= 15 is 0 Å². The highest BCUT2D eigenvalue weighted by molar-refractivity contribution is 5.76. The van der Waals surface area contributed by atoms with Gasteiger partial charge in [0.05, 0.1) is 6.42 Å². The minimum absolute atomic E-state index is 0.102. The normalized spacial score (nSPS) is 22.4. The van der Waals surface area contributed by atoms with Gasteiger partial charge in [0.25, 0.3) is 0 Å². The number of carbonyl (C=O) groups excluding carboxylic acids is 1. The molecule has 2 rings (SSSR count). The van der Waals surface area contributed by atoms with Crippen LogP contribution in [0.15, 0.2) is 0 Å². The molecule has 5 heteroatoms. The van der Waals surface area contributed by atoms with E-state index in [1.807, 2.05) is 4.90 Å². The van der Waals surface area contributed by atoms with E-state index in [2.05, 4.69) is 13.8 Å². The van der Waals surface area contributed by atoms with Gasteiger partial charge in [0.1, 0.15) is 0 Å². The monoisotopic (exact) mass is 268 g/mol. The molecule has 2 aliphatic heterocycles. The van der Waals surface area contributed by atoms with Crippen molar-refractivity contribution in [2.24, 2.45) is 11.3 Å². The van der Waals surface area contributed by atoms with Gasteiger partial charge >= 0.3 is 12.0 Å². The van der Waals surface area contributed by atoms with Gasteiger partial charge in [0.2, 0.25) is 0 Å². The Morgan fingerprint density at radius 2 is 1.84 bits per heavy atom. The maximum atomic E-state index is 12.3. The number of aliphatic carboxylic acids is 1. The lowest BCUT2D eigenvalue weighted by Gasteiger charge is -2.41. The number of nitrogens with zero attached hydrogens (tertiary/aromatic N) is 2. The maximum absolute atomic E-state index is 12.3. The Balaban J connectivity index is 1.82. The summed E-state index contributed by atoms with van der Waals surface area (Å²) >= 11 is 0. The molecular formula is C14H24N2O3. The summed E-state index contributed by atoms with van der Waals surface area (Å²) in [5.74, 6) is -0.625. The Bertz CT molecular complexity index is 360. The van der Waals surface area contributed by atoms with Crippen LogP contribution in [0.2, 0.25) is 0 Å². The summed E-state index contributed by atoms with van der Waals surface area (Å²) in [7, 11) is 0. The van der Waals surface area contributed by atoms with Gasteiger partial charge in [-0.15, -0.1) is 0 Å². The molecule has 0 spiro atoms. The average Bonchev–Trinajstić information content (AvgIpc) is 2.77. The second-order valence-corrected chi connectivity index (χ2v) is 6.03. The number of carboxylic acid groups (broad SMARTS) is 1. The van der Waals surface area contributed by atoms with Gasteiger partial charge in [-0.25, -0.2) is 4.79 Å². The molecule has 2 amide bonds. The molecule has 0 aromatic heterocycles. The van der Waals surface area contributed by atoms with Crippen molar-refractivity contribution >= 4 is 12.0 Å². The van der Waals surface area contributed by atoms with Crippen LogP contribution in [0.5, 0.6) is 0 Å². The Hall–Kier alpha value is -1.26. The standard InChI is InChI=1S/C14H24N2O3/c1-3-14(4-2)5-6-15(10-14)13(19)16-8-11(9-16)7-12(17)18/h11H,3-10H2,1-2H3,(H,17,18). The van der Waals surface area contributed by atoms with E-state index < -0.39 is 5.97 Å². The van der Waals surface area contributed by atoms with Crippen molar-refractivity contribution in [3.05, 3.63) is 0 Å². The smallest absolute Gasteiger partial charge is 0.320 e. The molecule has 2 fully saturated rings. The molecule has 0 atom stereocenters. The first-order valence-corrected chi connectivity index (χ1v) is 7.25. The van der Waals surface area contributed by atoms with Crippen molar-refractivity contribution < 1.29 is 14.7 Å². The molecule has 1 N–H and O–H groups in total. The van der Waals surface area contributed by atoms with Crippen LogP contribution in [0.3, 0.4) is 0 Å². The number of urea groups is 1. The van der Waals surface area contributed by atoms with Crippen molar-refractivity contribution in [1.29, 1.82) is 0 Å². The van der Waals surface area contributed by atoms with E-state index in [1.54, 1.807) is 4.90 Å². The number of likely N-dealkylation sites (tertiary alicyclic amines) is 2. The number of hydrogen-bond donors (Lipinski definition) is 1. The lowest BCUT2D eigenvalue weighted by Crippen LogP contribution is -2.55. The van der Waals surface area contributed by atoms with Gasteiger partial charge in [0.15, 0.2) is 0 Å². The van der Waals surface area contributed by atoms with Crippen LogP contribution < -0.4 is 0 Å². The molecule has 0 aromatic rings. The number of carboxylic acids is 1. The highest BCUT2D eigenvalue weighted by Gasteiger charge is 2.41. The van der Waals surface area contributed by atoms with Crippen molar-refractivity contribution in [2.45, 2.75) is 39.5 Å². The number of amides is 2. The molecule has 19 heavy (non-hydrogen) atoms. The number of carbonyl (C=O) groups is 2. The van der Waals surface area contributed by atoms with Crippen LogP contribution in [0.1, 0.15) is 39.5 Å². The third kappa shape index (κ3) is 2.85. The Labute approximate surface area is 114 Å². The van der Waals surface area contributed by atoms with Crippen molar-refractivity contribution in [3.8, 4) is 0 Å². The zero-order valence-electron chi connectivity index (χ0n) is 11.9. The van der Waals surface area contributed by atoms with Crippen molar-refractivity contribution in [3.63, 3.8) is 0 Å². The predicted octanol–water partition coefficient (Wildman–Crippen LogP) is 2.03. The summed E-state index contributed by atoms with van der Waals surface area (Å²) in [6, 6.07) is 0.102. The minimum Gasteiger partial charge on any atom is -0.481 e. The Morgan fingerprint density at radius 1 is 1.21 bits per heavy atom. The molecular weight excluding hydrogens is 244 g/mol. The van der Waals surface area contributed by atoms with E-state index in [4.69, 9.17) is 5.11 Å². The van der Waals surface area contributed by atoms with Gasteiger partial charge < -0.3 is 14.9 Å². The summed E-state index contributed by atoms with van der Waals surface area (Å²) in [6.07, 6.45) is 3.51. The lowest BCUT2D eigenvalue weighted by atomic mass is 9.82. The second kappa shape index (κ2) is 5.39. The maximum Gasteiger partial charge on any atom is 0.320 e. The first-order valence-electron chi connectivity index (χ1n) is 7.25. The van der Waals surface area contributed by atoms with E-state index in [-0.39, 0.29) is 18.4 Å². The molecule has 2 aliphatic rings. The summed E-state index contributed by atoms with van der Waals surface area (Å²) in [6.45, 7) is 7.31. The van der Waals surface area contributed by atoms with E-state index in [0.29, 0.717) is 18.5 Å². The van der Waals surface area contributed by atoms with Crippen molar-refractivity contribution in [2.75, 3.05) is 26.2 Å². The van der Waals surface area contributed by atoms with Gasteiger partial charge in [-0.2, -0.15) is 0 Å². The molecule has 0 bridgehead atoms. The fraction of sp³-hybridized carbons (Fsp3) is 0.857. The van der Waals surface area contributed by atoms with Crippen LogP contribution in [0, 0.1) is 11.3 Å².